The van der Waals surface area contributed by atoms with Crippen molar-refractivity contribution in [2.45, 2.75) is 45.1 Å². The first-order chi connectivity index (χ1) is 8.76. The van der Waals surface area contributed by atoms with Gasteiger partial charge in [0, 0.05) is 23.8 Å². The number of aromatic nitrogens is 2. The second kappa shape index (κ2) is 5.13. The van der Waals surface area contributed by atoms with Crippen molar-refractivity contribution in [3.63, 3.8) is 0 Å². The highest BCUT2D eigenvalue weighted by Crippen LogP contribution is 2.22. The van der Waals surface area contributed by atoms with Crippen LogP contribution >= 0.6 is 0 Å². The molecule has 2 N–H and O–H groups in total. The van der Waals surface area contributed by atoms with Crippen molar-refractivity contribution < 1.29 is 13.2 Å². The van der Waals surface area contributed by atoms with E-state index in [4.69, 9.17) is 4.74 Å². The Bertz CT molecular complexity index is 525. The maximum Gasteiger partial charge on any atom is 0.236 e. The molecule has 1 fully saturated rings. The van der Waals surface area contributed by atoms with Crippen LogP contribution in [0, 0.1) is 0 Å². The molecule has 1 aromatic rings. The van der Waals surface area contributed by atoms with E-state index >= 15 is 0 Å². The van der Waals surface area contributed by atoms with Crippen LogP contribution in [0.2, 0.25) is 0 Å². The maximum absolute atomic E-state index is 12.0. The molecule has 1 aromatic heterocycles. The molecule has 19 heavy (non-hydrogen) atoms. The number of nitrogens with zero attached hydrogens (tertiary/aromatic N) is 1. The molecule has 108 valence electrons. The highest BCUT2D eigenvalue weighted by Gasteiger charge is 2.24. The van der Waals surface area contributed by atoms with E-state index in [1.165, 1.54) is 0 Å². The Morgan fingerprint density at radius 2 is 2.26 bits per heavy atom. The molecule has 2 rings (SSSR count). The van der Waals surface area contributed by atoms with Crippen LogP contribution in [0.3, 0.4) is 0 Å². The zero-order valence-corrected chi connectivity index (χ0v) is 12.4. The number of H-pyrrole nitrogens is 1. The number of nitrogens with one attached hydrogen (secondary N) is 2. The van der Waals surface area contributed by atoms with Gasteiger partial charge in [-0.3, -0.25) is 9.82 Å². The number of aromatic amines is 1. The number of sulfonamides is 1. The van der Waals surface area contributed by atoms with Crippen molar-refractivity contribution in [3.05, 3.63) is 11.8 Å². The van der Waals surface area contributed by atoms with Gasteiger partial charge in [0.15, 0.2) is 5.82 Å². The van der Waals surface area contributed by atoms with Crippen LogP contribution in [0.5, 0.6) is 0 Å². The molecular formula is C12H21N3O3S. The molecule has 1 saturated heterocycles. The van der Waals surface area contributed by atoms with Crippen LogP contribution in [0.4, 0.5) is 5.82 Å². The molecule has 1 unspecified atom stereocenters. The summed E-state index contributed by atoms with van der Waals surface area (Å²) < 4.78 is 31.8. The molecule has 1 aliphatic heterocycles. The molecular weight excluding hydrogens is 266 g/mol. The minimum absolute atomic E-state index is 0.00922. The van der Waals surface area contributed by atoms with E-state index in [-0.39, 0.29) is 17.3 Å². The van der Waals surface area contributed by atoms with E-state index in [1.807, 2.05) is 20.8 Å². The van der Waals surface area contributed by atoms with Gasteiger partial charge in [-0.05, 0) is 12.8 Å². The van der Waals surface area contributed by atoms with Gasteiger partial charge in [0.25, 0.3) is 0 Å². The fourth-order valence-corrected chi connectivity index (χ4v) is 3.24. The third kappa shape index (κ3) is 3.94. The zero-order chi connectivity index (χ0) is 14.1. The topological polar surface area (TPSA) is 84.1 Å². The third-order valence-electron chi connectivity index (χ3n) is 3.08. The van der Waals surface area contributed by atoms with E-state index < -0.39 is 10.0 Å². The minimum atomic E-state index is -3.41. The first-order valence-electron chi connectivity index (χ1n) is 6.44. The average molecular weight is 287 g/mol. The standard InChI is InChI=1S/C12H21N3O3S/c1-12(2,3)10-7-11(14-13-10)15-19(16,17)8-9-5-4-6-18-9/h7,9H,4-6,8H2,1-3H3,(H2,13,14,15). The molecule has 0 spiro atoms. The molecule has 1 aliphatic rings. The monoisotopic (exact) mass is 287 g/mol. The van der Waals surface area contributed by atoms with Gasteiger partial charge in [0.2, 0.25) is 10.0 Å². The molecule has 0 radical (unpaired) electrons. The van der Waals surface area contributed by atoms with Gasteiger partial charge in [-0.25, -0.2) is 8.42 Å². The van der Waals surface area contributed by atoms with Crippen molar-refractivity contribution in [2.24, 2.45) is 0 Å². The smallest absolute Gasteiger partial charge is 0.236 e. The third-order valence-corrected chi connectivity index (χ3v) is 4.41. The summed E-state index contributed by atoms with van der Waals surface area (Å²) in [5, 5.41) is 6.84. The first kappa shape index (κ1) is 14.3. The number of ether oxygens (including phenoxy) is 1. The van der Waals surface area contributed by atoms with Crippen LogP contribution in [0.1, 0.15) is 39.3 Å². The minimum Gasteiger partial charge on any atom is -0.377 e. The lowest BCUT2D eigenvalue weighted by Gasteiger charge is -2.14. The molecule has 2 heterocycles. The highest BCUT2D eigenvalue weighted by atomic mass is 32.2. The van der Waals surface area contributed by atoms with Gasteiger partial charge in [0.1, 0.15) is 0 Å². The summed E-state index contributed by atoms with van der Waals surface area (Å²) in [6.45, 7) is 6.75. The largest absolute Gasteiger partial charge is 0.377 e. The molecule has 1 atom stereocenters. The van der Waals surface area contributed by atoms with Crippen LogP contribution in [0.25, 0.3) is 0 Å². The second-order valence-electron chi connectivity index (χ2n) is 5.94. The SMILES string of the molecule is CC(C)(C)c1cc(NS(=O)(=O)CC2CCCO2)n[nH]1. The maximum atomic E-state index is 12.0. The van der Waals surface area contributed by atoms with E-state index in [0.29, 0.717) is 12.4 Å². The Hall–Kier alpha value is -1.08. The summed E-state index contributed by atoms with van der Waals surface area (Å²) in [6, 6.07) is 1.73. The summed E-state index contributed by atoms with van der Waals surface area (Å²) >= 11 is 0. The summed E-state index contributed by atoms with van der Waals surface area (Å²) in [6.07, 6.45) is 1.53. The summed E-state index contributed by atoms with van der Waals surface area (Å²) in [7, 11) is -3.41. The normalized spacial score (nSPS) is 20.7. The van der Waals surface area contributed by atoms with Crippen molar-refractivity contribution in [1.82, 2.24) is 10.2 Å². The fraction of sp³-hybridized carbons (Fsp3) is 0.750. The van der Waals surface area contributed by atoms with Gasteiger partial charge in [-0.1, -0.05) is 20.8 Å². The molecule has 0 amide bonds. The lowest BCUT2D eigenvalue weighted by Crippen LogP contribution is -2.25. The van der Waals surface area contributed by atoms with Crippen LogP contribution in [-0.4, -0.2) is 37.1 Å². The molecule has 0 aliphatic carbocycles. The van der Waals surface area contributed by atoms with E-state index in [0.717, 1.165) is 18.5 Å². The average Bonchev–Trinajstić information content (AvgIpc) is 2.86. The Morgan fingerprint density at radius 1 is 1.53 bits per heavy atom. The second-order valence-corrected chi connectivity index (χ2v) is 7.70. The van der Waals surface area contributed by atoms with E-state index in [2.05, 4.69) is 14.9 Å². The summed E-state index contributed by atoms with van der Waals surface area (Å²) in [5.74, 6) is 0.327. The van der Waals surface area contributed by atoms with Crippen molar-refractivity contribution in [1.29, 1.82) is 0 Å². The Morgan fingerprint density at radius 3 is 2.79 bits per heavy atom. The van der Waals surface area contributed by atoms with Gasteiger partial charge >= 0.3 is 0 Å². The number of hydrogen-bond donors (Lipinski definition) is 2. The number of anilines is 1. The number of hydrogen-bond acceptors (Lipinski definition) is 4. The number of rotatable bonds is 4. The van der Waals surface area contributed by atoms with Crippen molar-refractivity contribution in [3.8, 4) is 0 Å². The first-order valence-corrected chi connectivity index (χ1v) is 8.09. The summed E-state index contributed by atoms with van der Waals surface area (Å²) in [4.78, 5) is 0. The van der Waals surface area contributed by atoms with Crippen molar-refractivity contribution >= 4 is 15.8 Å². The lowest BCUT2D eigenvalue weighted by atomic mass is 9.92. The zero-order valence-electron chi connectivity index (χ0n) is 11.6. The van der Waals surface area contributed by atoms with Gasteiger partial charge in [0.05, 0.1) is 11.9 Å². The van der Waals surface area contributed by atoms with Gasteiger partial charge in [-0.2, -0.15) is 5.10 Å². The fourth-order valence-electron chi connectivity index (χ4n) is 1.98. The predicted octanol–water partition coefficient (Wildman–Crippen LogP) is 1.63. The van der Waals surface area contributed by atoms with Gasteiger partial charge < -0.3 is 4.74 Å². The molecule has 7 heteroatoms. The van der Waals surface area contributed by atoms with Gasteiger partial charge in [-0.15, -0.1) is 0 Å². The molecule has 0 bridgehead atoms. The lowest BCUT2D eigenvalue weighted by molar-refractivity contribution is 0.127. The van der Waals surface area contributed by atoms with Crippen LogP contribution in [0.15, 0.2) is 6.07 Å². The highest BCUT2D eigenvalue weighted by molar-refractivity contribution is 7.92. The molecule has 0 aromatic carbocycles. The predicted molar refractivity (Wildman–Crippen MR) is 73.7 cm³/mol. The van der Waals surface area contributed by atoms with E-state index in [9.17, 15) is 8.42 Å². The van der Waals surface area contributed by atoms with Crippen LogP contribution < -0.4 is 4.72 Å². The Labute approximate surface area is 114 Å². The van der Waals surface area contributed by atoms with Crippen LogP contribution in [-0.2, 0) is 20.2 Å². The van der Waals surface area contributed by atoms with E-state index in [1.54, 1.807) is 6.07 Å². The molecule has 0 saturated carbocycles. The quantitative estimate of drug-likeness (QED) is 0.881. The Kier molecular flexibility index (Phi) is 3.87. The summed E-state index contributed by atoms with van der Waals surface area (Å²) in [5.41, 5.74) is 0.799. The molecule has 6 nitrogen and oxygen atoms in total. The Balaban J connectivity index is 2.01. The van der Waals surface area contributed by atoms with Crippen molar-refractivity contribution in [2.75, 3.05) is 17.1 Å².